The van der Waals surface area contributed by atoms with E-state index in [0.717, 1.165) is 12.8 Å². The quantitative estimate of drug-likeness (QED) is 0.732. The van der Waals surface area contributed by atoms with Gasteiger partial charge in [0.25, 0.3) is 0 Å². The van der Waals surface area contributed by atoms with E-state index in [1.807, 2.05) is 13.8 Å². The van der Waals surface area contributed by atoms with Crippen LogP contribution in [0.2, 0.25) is 0 Å². The number of nitrogens with zero attached hydrogens (tertiary/aromatic N) is 4. The number of rotatable bonds is 6. The van der Waals surface area contributed by atoms with Crippen LogP contribution in [0.25, 0.3) is 0 Å². The Kier molecular flexibility index (Phi) is 5.24. The molecule has 16 heavy (non-hydrogen) atoms. The smallest absolute Gasteiger partial charge is 0.410 e. The van der Waals surface area contributed by atoms with E-state index in [2.05, 4.69) is 20.6 Å². The molecule has 0 unspecified atom stereocenters. The summed E-state index contributed by atoms with van der Waals surface area (Å²) >= 11 is 0. The van der Waals surface area contributed by atoms with Gasteiger partial charge in [0, 0.05) is 6.54 Å². The molecule has 0 aliphatic rings. The van der Waals surface area contributed by atoms with Crippen molar-refractivity contribution < 1.29 is 9.53 Å². The fraction of sp³-hybridized carbons (Fsp3) is 0.778. The summed E-state index contributed by atoms with van der Waals surface area (Å²) in [5, 5.41) is 13.3. The summed E-state index contributed by atoms with van der Waals surface area (Å²) in [4.78, 5) is 13.1. The van der Waals surface area contributed by atoms with E-state index in [1.165, 1.54) is 4.90 Å². The summed E-state index contributed by atoms with van der Waals surface area (Å²) in [5.74, 6) is 0.481. The minimum atomic E-state index is -0.333. The molecule has 1 N–H and O–H groups in total. The number of tetrazole rings is 1. The molecule has 0 aromatic carbocycles. The van der Waals surface area contributed by atoms with Crippen LogP contribution in [-0.2, 0) is 11.3 Å². The largest absolute Gasteiger partial charge is 0.449 e. The van der Waals surface area contributed by atoms with Crippen LogP contribution in [0, 0.1) is 0 Å². The molecule has 0 radical (unpaired) electrons. The molecule has 1 amide bonds. The van der Waals surface area contributed by atoms with Crippen molar-refractivity contribution in [2.24, 2.45) is 0 Å². The van der Waals surface area contributed by atoms with Crippen LogP contribution >= 0.6 is 0 Å². The third kappa shape index (κ3) is 3.84. The van der Waals surface area contributed by atoms with Crippen LogP contribution in [0.4, 0.5) is 4.79 Å². The number of carbonyl (C=O) groups excluding carboxylic acids is 1. The molecule has 0 aliphatic carbocycles. The highest BCUT2D eigenvalue weighted by atomic mass is 16.6. The van der Waals surface area contributed by atoms with Crippen LogP contribution in [-0.4, -0.2) is 44.8 Å². The lowest BCUT2D eigenvalue weighted by molar-refractivity contribution is 0.0996. The van der Waals surface area contributed by atoms with Gasteiger partial charge < -0.3 is 9.64 Å². The van der Waals surface area contributed by atoms with Crippen LogP contribution in [0.15, 0.2) is 0 Å². The second-order valence-corrected chi connectivity index (χ2v) is 3.31. The van der Waals surface area contributed by atoms with Crippen molar-refractivity contribution in [1.82, 2.24) is 25.5 Å². The first-order valence-corrected chi connectivity index (χ1v) is 5.42. The lowest BCUT2D eigenvalue weighted by atomic mass is 10.4. The van der Waals surface area contributed by atoms with Gasteiger partial charge in [0.2, 0.25) is 0 Å². The summed E-state index contributed by atoms with van der Waals surface area (Å²) in [7, 11) is 0. The summed E-state index contributed by atoms with van der Waals surface area (Å²) in [5.41, 5.74) is 0. The molecule has 1 rings (SSSR count). The van der Waals surface area contributed by atoms with Gasteiger partial charge in [-0.25, -0.2) is 4.79 Å². The minimum Gasteiger partial charge on any atom is -0.449 e. The van der Waals surface area contributed by atoms with Gasteiger partial charge in [-0.3, -0.25) is 0 Å². The molecule has 1 aromatic heterocycles. The van der Waals surface area contributed by atoms with Gasteiger partial charge in [0.05, 0.1) is 13.2 Å². The van der Waals surface area contributed by atoms with Crippen LogP contribution in [0.1, 0.15) is 32.5 Å². The summed E-state index contributed by atoms with van der Waals surface area (Å²) < 4.78 is 5.09. The van der Waals surface area contributed by atoms with Crippen molar-refractivity contribution in [3.05, 3.63) is 5.82 Å². The van der Waals surface area contributed by atoms with Crippen LogP contribution < -0.4 is 0 Å². The summed E-state index contributed by atoms with van der Waals surface area (Å²) in [6.45, 7) is 5.25. The second-order valence-electron chi connectivity index (χ2n) is 3.31. The van der Waals surface area contributed by atoms with Crippen molar-refractivity contribution in [2.45, 2.75) is 33.2 Å². The fourth-order valence-corrected chi connectivity index (χ4v) is 1.12. The maximum Gasteiger partial charge on any atom is 0.410 e. The topological polar surface area (TPSA) is 84.0 Å². The van der Waals surface area contributed by atoms with E-state index in [9.17, 15) is 4.79 Å². The monoisotopic (exact) mass is 227 g/mol. The SMILES string of the molecule is CCCCOC(=O)N(CC)Cc1nn[nH]n1. The third-order valence-corrected chi connectivity index (χ3v) is 2.08. The second kappa shape index (κ2) is 6.76. The lowest BCUT2D eigenvalue weighted by Crippen LogP contribution is -2.31. The van der Waals surface area contributed by atoms with E-state index in [0.29, 0.717) is 25.5 Å². The Morgan fingerprint density at radius 1 is 1.50 bits per heavy atom. The number of hydrogen-bond acceptors (Lipinski definition) is 5. The number of nitrogens with one attached hydrogen (secondary N) is 1. The van der Waals surface area contributed by atoms with E-state index >= 15 is 0 Å². The van der Waals surface area contributed by atoms with Gasteiger partial charge in [-0.1, -0.05) is 18.6 Å². The first kappa shape index (κ1) is 12.4. The maximum atomic E-state index is 11.6. The van der Waals surface area contributed by atoms with Gasteiger partial charge >= 0.3 is 6.09 Å². The molecule has 1 heterocycles. The Hall–Kier alpha value is -1.66. The molecular formula is C9H17N5O2. The van der Waals surface area contributed by atoms with Gasteiger partial charge in [-0.15, -0.1) is 10.2 Å². The Balaban J connectivity index is 2.38. The first-order valence-electron chi connectivity index (χ1n) is 5.42. The van der Waals surface area contributed by atoms with Crippen molar-refractivity contribution >= 4 is 6.09 Å². The highest BCUT2D eigenvalue weighted by Gasteiger charge is 2.15. The standard InChI is InChI=1S/C9H17N5O2/c1-3-5-6-16-9(15)14(4-2)7-8-10-12-13-11-8/h3-7H2,1-2H3,(H,10,11,12,13). The number of amides is 1. The van der Waals surface area contributed by atoms with Gasteiger partial charge in [-0.2, -0.15) is 5.21 Å². The number of aromatic nitrogens is 4. The van der Waals surface area contributed by atoms with Gasteiger partial charge in [-0.05, 0) is 13.3 Å². The first-order chi connectivity index (χ1) is 7.77. The fourth-order valence-electron chi connectivity index (χ4n) is 1.12. The number of carbonyl (C=O) groups is 1. The number of ether oxygens (including phenoxy) is 1. The molecule has 0 saturated carbocycles. The highest BCUT2D eigenvalue weighted by molar-refractivity contribution is 5.67. The van der Waals surface area contributed by atoms with Crippen molar-refractivity contribution in [1.29, 1.82) is 0 Å². The van der Waals surface area contributed by atoms with E-state index < -0.39 is 0 Å². The zero-order valence-corrected chi connectivity index (χ0v) is 9.64. The number of H-pyrrole nitrogens is 1. The maximum absolute atomic E-state index is 11.6. The van der Waals surface area contributed by atoms with Crippen molar-refractivity contribution in [3.8, 4) is 0 Å². The van der Waals surface area contributed by atoms with E-state index in [-0.39, 0.29) is 6.09 Å². The van der Waals surface area contributed by atoms with Crippen LogP contribution in [0.5, 0.6) is 0 Å². The van der Waals surface area contributed by atoms with Crippen LogP contribution in [0.3, 0.4) is 0 Å². The number of hydrogen-bond donors (Lipinski definition) is 1. The molecule has 7 nitrogen and oxygen atoms in total. The Bertz CT molecular complexity index is 301. The number of aromatic amines is 1. The molecule has 0 fully saturated rings. The predicted molar refractivity (Wildman–Crippen MR) is 56.5 cm³/mol. The van der Waals surface area contributed by atoms with Crippen molar-refractivity contribution in [3.63, 3.8) is 0 Å². The molecule has 0 bridgehead atoms. The molecule has 0 spiro atoms. The summed E-state index contributed by atoms with van der Waals surface area (Å²) in [6, 6.07) is 0. The Morgan fingerprint density at radius 3 is 2.88 bits per heavy atom. The van der Waals surface area contributed by atoms with Gasteiger partial charge in [0.15, 0.2) is 5.82 Å². The molecule has 7 heteroatoms. The lowest BCUT2D eigenvalue weighted by Gasteiger charge is -2.18. The molecular weight excluding hydrogens is 210 g/mol. The molecule has 0 saturated heterocycles. The molecule has 90 valence electrons. The van der Waals surface area contributed by atoms with Crippen molar-refractivity contribution in [2.75, 3.05) is 13.2 Å². The zero-order valence-electron chi connectivity index (χ0n) is 9.64. The van der Waals surface area contributed by atoms with Gasteiger partial charge in [0.1, 0.15) is 0 Å². The number of unbranched alkanes of at least 4 members (excludes halogenated alkanes) is 1. The summed E-state index contributed by atoms with van der Waals surface area (Å²) in [6.07, 6.45) is 1.55. The van der Waals surface area contributed by atoms with E-state index in [4.69, 9.17) is 4.74 Å². The third-order valence-electron chi connectivity index (χ3n) is 2.08. The minimum absolute atomic E-state index is 0.317. The molecule has 0 atom stereocenters. The zero-order chi connectivity index (χ0) is 11.8. The average Bonchev–Trinajstić information content (AvgIpc) is 2.78. The average molecular weight is 227 g/mol. The predicted octanol–water partition coefficient (Wildman–Crippen LogP) is 0.958. The highest BCUT2D eigenvalue weighted by Crippen LogP contribution is 2.00. The van der Waals surface area contributed by atoms with E-state index in [1.54, 1.807) is 0 Å². The molecule has 0 aliphatic heterocycles. The Labute approximate surface area is 94.2 Å². The normalized spacial score (nSPS) is 10.1. The Morgan fingerprint density at radius 2 is 2.31 bits per heavy atom. The molecule has 1 aromatic rings.